The molecular formula is C14H22N2O4. The van der Waals surface area contributed by atoms with Crippen LogP contribution in [0.5, 0.6) is 0 Å². The summed E-state index contributed by atoms with van der Waals surface area (Å²) < 4.78 is 5.34. The summed E-state index contributed by atoms with van der Waals surface area (Å²) in [6.45, 7) is 1.91. The highest BCUT2D eigenvalue weighted by atomic mass is 16.5. The summed E-state index contributed by atoms with van der Waals surface area (Å²) in [5.41, 5.74) is 1.43. The largest absolute Gasteiger partial charge is 0.481 e. The van der Waals surface area contributed by atoms with Crippen LogP contribution in [0.2, 0.25) is 0 Å². The van der Waals surface area contributed by atoms with E-state index in [0.29, 0.717) is 26.2 Å². The van der Waals surface area contributed by atoms with Crippen LogP contribution in [-0.4, -0.2) is 54.4 Å². The zero-order valence-electron chi connectivity index (χ0n) is 11.6. The molecule has 20 heavy (non-hydrogen) atoms. The van der Waals surface area contributed by atoms with Gasteiger partial charge in [-0.05, 0) is 25.7 Å². The summed E-state index contributed by atoms with van der Waals surface area (Å²) in [6.07, 6.45) is 6.24. The SMILES string of the molecule is O=C(O)CC1CN(C(=O)NCCC2=CCCC2)CCO1. The number of nitrogens with one attached hydrogen (secondary N) is 1. The zero-order chi connectivity index (χ0) is 14.4. The number of aliphatic carboxylic acids is 1. The highest BCUT2D eigenvalue weighted by molar-refractivity contribution is 5.74. The number of rotatable bonds is 5. The predicted octanol–water partition coefficient (Wildman–Crippen LogP) is 1.37. The summed E-state index contributed by atoms with van der Waals surface area (Å²) in [5, 5.41) is 11.6. The number of allylic oxidation sites excluding steroid dienone is 1. The van der Waals surface area contributed by atoms with Crippen LogP contribution in [0.1, 0.15) is 32.1 Å². The highest BCUT2D eigenvalue weighted by Crippen LogP contribution is 2.19. The van der Waals surface area contributed by atoms with Gasteiger partial charge in [0.2, 0.25) is 0 Å². The van der Waals surface area contributed by atoms with Gasteiger partial charge < -0.3 is 20.1 Å². The number of hydrogen-bond donors (Lipinski definition) is 2. The van der Waals surface area contributed by atoms with Crippen LogP contribution >= 0.6 is 0 Å². The third-order valence-electron chi connectivity index (χ3n) is 3.69. The number of carbonyl (C=O) groups excluding carboxylic acids is 1. The summed E-state index contributed by atoms with van der Waals surface area (Å²) >= 11 is 0. The monoisotopic (exact) mass is 282 g/mol. The minimum absolute atomic E-state index is 0.0589. The lowest BCUT2D eigenvalue weighted by Gasteiger charge is -2.32. The Labute approximate surface area is 118 Å². The van der Waals surface area contributed by atoms with E-state index in [1.54, 1.807) is 4.90 Å². The number of morpholine rings is 1. The van der Waals surface area contributed by atoms with Gasteiger partial charge in [-0.25, -0.2) is 4.79 Å². The average Bonchev–Trinajstić information content (AvgIpc) is 2.91. The molecule has 0 aromatic carbocycles. The maximum atomic E-state index is 12.0. The van der Waals surface area contributed by atoms with Crippen molar-refractivity contribution in [2.75, 3.05) is 26.2 Å². The van der Waals surface area contributed by atoms with Gasteiger partial charge in [-0.1, -0.05) is 11.6 Å². The van der Waals surface area contributed by atoms with Gasteiger partial charge in [-0.2, -0.15) is 0 Å². The van der Waals surface area contributed by atoms with Crippen LogP contribution in [-0.2, 0) is 9.53 Å². The summed E-state index contributed by atoms with van der Waals surface area (Å²) in [5.74, 6) is -0.898. The number of amides is 2. The van der Waals surface area contributed by atoms with Crippen molar-refractivity contribution in [3.63, 3.8) is 0 Å². The van der Waals surface area contributed by atoms with Crippen molar-refractivity contribution in [3.8, 4) is 0 Å². The normalized spacial score (nSPS) is 22.5. The third kappa shape index (κ3) is 4.52. The van der Waals surface area contributed by atoms with Gasteiger partial charge in [-0.3, -0.25) is 4.79 Å². The fraction of sp³-hybridized carbons (Fsp3) is 0.714. The van der Waals surface area contributed by atoms with E-state index in [1.165, 1.54) is 12.0 Å². The Balaban J connectivity index is 1.69. The second-order valence-corrected chi connectivity index (χ2v) is 5.27. The molecule has 0 aromatic rings. The molecule has 0 spiro atoms. The van der Waals surface area contributed by atoms with Crippen molar-refractivity contribution >= 4 is 12.0 Å². The molecule has 1 aliphatic heterocycles. The molecule has 0 bridgehead atoms. The maximum absolute atomic E-state index is 12.0. The smallest absolute Gasteiger partial charge is 0.317 e. The molecule has 2 amide bonds. The fourth-order valence-electron chi connectivity index (χ4n) is 2.63. The van der Waals surface area contributed by atoms with Crippen LogP contribution < -0.4 is 5.32 Å². The van der Waals surface area contributed by atoms with E-state index in [4.69, 9.17) is 9.84 Å². The van der Waals surface area contributed by atoms with Crippen molar-refractivity contribution in [2.45, 2.75) is 38.2 Å². The first-order chi connectivity index (χ1) is 9.65. The second kappa shape index (κ2) is 7.28. The first-order valence-electron chi connectivity index (χ1n) is 7.19. The van der Waals surface area contributed by atoms with E-state index >= 15 is 0 Å². The van der Waals surface area contributed by atoms with Crippen molar-refractivity contribution in [1.29, 1.82) is 0 Å². The molecular weight excluding hydrogens is 260 g/mol. The minimum Gasteiger partial charge on any atom is -0.481 e. The number of carboxylic acid groups (broad SMARTS) is 1. The summed E-state index contributed by atoms with van der Waals surface area (Å²) in [6, 6.07) is -0.123. The van der Waals surface area contributed by atoms with Crippen LogP contribution in [0.4, 0.5) is 4.79 Å². The van der Waals surface area contributed by atoms with Gasteiger partial charge in [0.25, 0.3) is 0 Å². The van der Waals surface area contributed by atoms with E-state index in [1.807, 2.05) is 0 Å². The predicted molar refractivity (Wildman–Crippen MR) is 73.5 cm³/mol. The Hall–Kier alpha value is -1.56. The maximum Gasteiger partial charge on any atom is 0.317 e. The minimum atomic E-state index is -0.898. The van der Waals surface area contributed by atoms with E-state index in [9.17, 15) is 9.59 Å². The Morgan fingerprint density at radius 3 is 3.05 bits per heavy atom. The van der Waals surface area contributed by atoms with Gasteiger partial charge >= 0.3 is 12.0 Å². The molecule has 1 aliphatic carbocycles. The summed E-state index contributed by atoms with van der Waals surface area (Å²) in [7, 11) is 0. The van der Waals surface area contributed by atoms with Gasteiger partial charge in [-0.15, -0.1) is 0 Å². The van der Waals surface area contributed by atoms with Crippen molar-refractivity contribution in [3.05, 3.63) is 11.6 Å². The lowest BCUT2D eigenvalue weighted by atomic mass is 10.2. The van der Waals surface area contributed by atoms with Crippen molar-refractivity contribution < 1.29 is 19.4 Å². The molecule has 1 heterocycles. The Morgan fingerprint density at radius 1 is 1.50 bits per heavy atom. The van der Waals surface area contributed by atoms with Crippen LogP contribution in [0.15, 0.2) is 11.6 Å². The Kier molecular flexibility index (Phi) is 5.40. The van der Waals surface area contributed by atoms with E-state index in [-0.39, 0.29) is 12.5 Å². The van der Waals surface area contributed by atoms with Gasteiger partial charge in [0, 0.05) is 19.6 Å². The summed E-state index contributed by atoms with van der Waals surface area (Å²) in [4.78, 5) is 24.3. The number of hydrogen-bond acceptors (Lipinski definition) is 3. The molecule has 1 fully saturated rings. The molecule has 2 aliphatic rings. The Bertz CT molecular complexity index is 395. The van der Waals surface area contributed by atoms with Crippen LogP contribution in [0.3, 0.4) is 0 Å². The second-order valence-electron chi connectivity index (χ2n) is 5.27. The molecule has 2 rings (SSSR count). The first kappa shape index (κ1) is 14.8. The molecule has 6 nitrogen and oxygen atoms in total. The van der Waals surface area contributed by atoms with Crippen LogP contribution in [0, 0.1) is 0 Å². The van der Waals surface area contributed by atoms with E-state index < -0.39 is 12.1 Å². The van der Waals surface area contributed by atoms with E-state index in [2.05, 4.69) is 11.4 Å². The lowest BCUT2D eigenvalue weighted by Crippen LogP contribution is -2.50. The molecule has 0 aromatic heterocycles. The number of carbonyl (C=O) groups is 2. The molecule has 112 valence electrons. The zero-order valence-corrected chi connectivity index (χ0v) is 11.6. The molecule has 0 saturated carbocycles. The first-order valence-corrected chi connectivity index (χ1v) is 7.19. The molecule has 1 unspecified atom stereocenters. The topological polar surface area (TPSA) is 78.9 Å². The fourth-order valence-corrected chi connectivity index (χ4v) is 2.63. The number of urea groups is 1. The van der Waals surface area contributed by atoms with Crippen LogP contribution in [0.25, 0.3) is 0 Å². The quantitative estimate of drug-likeness (QED) is 0.747. The molecule has 6 heteroatoms. The van der Waals surface area contributed by atoms with Crippen molar-refractivity contribution in [2.24, 2.45) is 0 Å². The van der Waals surface area contributed by atoms with Gasteiger partial charge in [0.1, 0.15) is 0 Å². The van der Waals surface area contributed by atoms with E-state index in [0.717, 1.165) is 19.3 Å². The molecule has 1 atom stereocenters. The number of nitrogens with zero attached hydrogens (tertiary/aromatic N) is 1. The lowest BCUT2D eigenvalue weighted by molar-refractivity contribution is -0.141. The van der Waals surface area contributed by atoms with Crippen molar-refractivity contribution in [1.82, 2.24) is 10.2 Å². The number of ether oxygens (including phenoxy) is 1. The standard InChI is InChI=1S/C14H22N2O4/c17-13(18)9-12-10-16(7-8-20-12)14(19)15-6-5-11-3-1-2-4-11/h3,12H,1-2,4-10H2,(H,15,19)(H,17,18). The average molecular weight is 282 g/mol. The van der Waals surface area contributed by atoms with Gasteiger partial charge in [0.05, 0.1) is 19.1 Å². The molecule has 1 saturated heterocycles. The number of carboxylic acids is 1. The Morgan fingerprint density at radius 2 is 2.35 bits per heavy atom. The molecule has 2 N–H and O–H groups in total. The molecule has 0 radical (unpaired) electrons. The van der Waals surface area contributed by atoms with Gasteiger partial charge in [0.15, 0.2) is 0 Å². The third-order valence-corrected chi connectivity index (χ3v) is 3.69. The highest BCUT2D eigenvalue weighted by Gasteiger charge is 2.25.